The van der Waals surface area contributed by atoms with Crippen LogP contribution in [0.2, 0.25) is 0 Å². The third-order valence-corrected chi connectivity index (χ3v) is 2.75. The number of carboxylic acids is 1. The molecule has 2 amide bonds. The quantitative estimate of drug-likeness (QED) is 0.695. The van der Waals surface area contributed by atoms with E-state index in [2.05, 4.69) is 10.6 Å². The smallest absolute Gasteiger partial charge is 0.322 e. The van der Waals surface area contributed by atoms with E-state index in [4.69, 9.17) is 9.52 Å². The minimum atomic E-state index is -1.19. The summed E-state index contributed by atoms with van der Waals surface area (Å²) in [4.78, 5) is 34.6. The molecule has 1 aromatic heterocycles. The van der Waals surface area contributed by atoms with E-state index in [1.165, 1.54) is 18.4 Å². The molecule has 0 aliphatic heterocycles. The fourth-order valence-corrected chi connectivity index (χ4v) is 1.72. The summed E-state index contributed by atoms with van der Waals surface area (Å²) in [6.45, 7) is -0.554. The monoisotopic (exact) mass is 314 g/mol. The zero-order valence-electron chi connectivity index (χ0n) is 12.0. The molecule has 0 atom stereocenters. The van der Waals surface area contributed by atoms with Gasteiger partial charge in [-0.1, -0.05) is 30.3 Å². The Bertz CT molecular complexity index is 720. The van der Waals surface area contributed by atoms with Gasteiger partial charge < -0.3 is 20.2 Å². The molecule has 0 aliphatic rings. The van der Waals surface area contributed by atoms with Gasteiger partial charge in [0.2, 0.25) is 0 Å². The van der Waals surface area contributed by atoms with Crippen molar-refractivity contribution in [1.82, 2.24) is 10.6 Å². The molecular weight excluding hydrogens is 300 g/mol. The van der Waals surface area contributed by atoms with Crippen molar-refractivity contribution in [3.8, 4) is 0 Å². The molecule has 2 rings (SSSR count). The molecule has 0 unspecified atom stereocenters. The first-order chi connectivity index (χ1) is 11.1. The van der Waals surface area contributed by atoms with Gasteiger partial charge in [-0.05, 0) is 23.8 Å². The number of furan rings is 1. The maximum atomic E-state index is 12.1. The lowest BCUT2D eigenvalue weighted by atomic mass is 10.2. The van der Waals surface area contributed by atoms with E-state index in [9.17, 15) is 14.4 Å². The Morgan fingerprint density at radius 1 is 1.09 bits per heavy atom. The number of carbonyl (C=O) groups excluding carboxylic acids is 2. The Hall–Kier alpha value is -3.35. The second-order valence-electron chi connectivity index (χ2n) is 4.48. The highest BCUT2D eigenvalue weighted by atomic mass is 16.4. The van der Waals surface area contributed by atoms with Gasteiger partial charge in [0.25, 0.3) is 11.8 Å². The highest BCUT2D eigenvalue weighted by molar-refractivity contribution is 6.04. The van der Waals surface area contributed by atoms with Crippen LogP contribution in [-0.4, -0.2) is 29.4 Å². The molecule has 1 aromatic carbocycles. The second-order valence-corrected chi connectivity index (χ2v) is 4.48. The highest BCUT2D eigenvalue weighted by Gasteiger charge is 2.16. The normalized spacial score (nSPS) is 10.9. The summed E-state index contributed by atoms with van der Waals surface area (Å²) in [6, 6.07) is 11.8. The predicted octanol–water partition coefficient (Wildman–Crippen LogP) is 1.25. The van der Waals surface area contributed by atoms with Crippen molar-refractivity contribution < 1.29 is 23.9 Å². The van der Waals surface area contributed by atoms with Crippen LogP contribution in [0.25, 0.3) is 6.08 Å². The van der Waals surface area contributed by atoms with Crippen LogP contribution in [0, 0.1) is 0 Å². The van der Waals surface area contributed by atoms with Crippen molar-refractivity contribution in [2.24, 2.45) is 0 Å². The van der Waals surface area contributed by atoms with Gasteiger partial charge in [0.05, 0.1) is 6.26 Å². The summed E-state index contributed by atoms with van der Waals surface area (Å²) >= 11 is 0. The number of carboxylic acid groups (broad SMARTS) is 1. The zero-order valence-corrected chi connectivity index (χ0v) is 12.0. The summed E-state index contributed by atoms with van der Waals surface area (Å²) < 4.78 is 4.96. The van der Waals surface area contributed by atoms with Crippen LogP contribution in [0.4, 0.5) is 0 Å². The molecule has 0 spiro atoms. The van der Waals surface area contributed by atoms with E-state index >= 15 is 0 Å². The van der Waals surface area contributed by atoms with Gasteiger partial charge in [0.15, 0.2) is 5.76 Å². The third kappa shape index (κ3) is 4.85. The largest absolute Gasteiger partial charge is 0.480 e. The van der Waals surface area contributed by atoms with Crippen LogP contribution in [0.15, 0.2) is 58.8 Å². The number of nitrogens with one attached hydrogen (secondary N) is 2. The van der Waals surface area contributed by atoms with E-state index in [1.54, 1.807) is 30.3 Å². The minimum Gasteiger partial charge on any atom is -0.480 e. The third-order valence-electron chi connectivity index (χ3n) is 2.75. The van der Waals surface area contributed by atoms with E-state index in [1.807, 2.05) is 6.07 Å². The number of hydrogen-bond acceptors (Lipinski definition) is 4. The molecule has 7 nitrogen and oxygen atoms in total. The fraction of sp³-hybridized carbons (Fsp3) is 0.0625. The van der Waals surface area contributed by atoms with E-state index in [0.717, 1.165) is 0 Å². The number of aliphatic carboxylic acids is 1. The van der Waals surface area contributed by atoms with Gasteiger partial charge in [-0.2, -0.15) is 0 Å². The van der Waals surface area contributed by atoms with Gasteiger partial charge in [-0.25, -0.2) is 0 Å². The summed E-state index contributed by atoms with van der Waals surface area (Å²) in [5.74, 6) is -2.47. The fourth-order valence-electron chi connectivity index (χ4n) is 1.72. The van der Waals surface area contributed by atoms with Gasteiger partial charge in [-0.15, -0.1) is 0 Å². The Balaban J connectivity index is 2.20. The summed E-state index contributed by atoms with van der Waals surface area (Å²) in [5, 5.41) is 13.2. The second kappa shape index (κ2) is 7.60. The van der Waals surface area contributed by atoms with Crippen molar-refractivity contribution in [1.29, 1.82) is 0 Å². The lowest BCUT2D eigenvalue weighted by Gasteiger charge is -2.09. The van der Waals surface area contributed by atoms with Crippen LogP contribution in [0.1, 0.15) is 16.1 Å². The lowest BCUT2D eigenvalue weighted by Crippen LogP contribution is -2.37. The number of carbonyl (C=O) groups is 3. The van der Waals surface area contributed by atoms with Gasteiger partial charge in [0.1, 0.15) is 12.2 Å². The molecular formula is C16H14N2O5. The lowest BCUT2D eigenvalue weighted by molar-refractivity contribution is -0.137. The molecule has 118 valence electrons. The predicted molar refractivity (Wildman–Crippen MR) is 81.2 cm³/mol. The Morgan fingerprint density at radius 2 is 1.83 bits per heavy atom. The van der Waals surface area contributed by atoms with Crippen LogP contribution >= 0.6 is 0 Å². The first kappa shape index (κ1) is 16.0. The van der Waals surface area contributed by atoms with Crippen molar-refractivity contribution in [3.05, 3.63) is 65.7 Å². The molecule has 0 radical (unpaired) electrons. The minimum absolute atomic E-state index is 0.0370. The van der Waals surface area contributed by atoms with Crippen molar-refractivity contribution in [3.63, 3.8) is 0 Å². The summed E-state index contributed by atoms with van der Waals surface area (Å²) in [5.41, 5.74) is 0.589. The number of rotatable bonds is 6. The number of amides is 2. The maximum Gasteiger partial charge on any atom is 0.322 e. The molecule has 2 aromatic rings. The molecule has 1 heterocycles. The van der Waals surface area contributed by atoms with Gasteiger partial charge in [0, 0.05) is 0 Å². The average molecular weight is 314 g/mol. The molecule has 3 N–H and O–H groups in total. The topological polar surface area (TPSA) is 109 Å². The SMILES string of the molecule is O=C(O)CNC(=O)C(=Cc1ccccc1)NC(=O)c1ccco1. The van der Waals surface area contributed by atoms with Crippen LogP contribution in [-0.2, 0) is 9.59 Å². The molecule has 0 saturated carbocycles. The molecule has 0 fully saturated rings. The molecule has 0 bridgehead atoms. The molecule has 7 heteroatoms. The first-order valence-corrected chi connectivity index (χ1v) is 6.68. The zero-order chi connectivity index (χ0) is 16.7. The standard InChI is InChI=1S/C16H14N2O5/c19-14(20)10-17-15(21)12(9-11-5-2-1-3-6-11)18-16(22)13-7-4-8-23-13/h1-9H,10H2,(H,17,21)(H,18,22)(H,19,20). The average Bonchev–Trinajstić information content (AvgIpc) is 3.07. The van der Waals surface area contributed by atoms with E-state index < -0.39 is 24.3 Å². The van der Waals surface area contributed by atoms with Gasteiger partial charge in [-0.3, -0.25) is 14.4 Å². The number of benzene rings is 1. The van der Waals surface area contributed by atoms with Crippen LogP contribution in [0.3, 0.4) is 0 Å². The number of hydrogen-bond donors (Lipinski definition) is 3. The van der Waals surface area contributed by atoms with Crippen molar-refractivity contribution in [2.45, 2.75) is 0 Å². The van der Waals surface area contributed by atoms with E-state index in [-0.39, 0.29) is 11.5 Å². The Morgan fingerprint density at radius 3 is 2.43 bits per heavy atom. The summed E-state index contributed by atoms with van der Waals surface area (Å²) in [7, 11) is 0. The van der Waals surface area contributed by atoms with Crippen molar-refractivity contribution >= 4 is 23.9 Å². The molecule has 23 heavy (non-hydrogen) atoms. The van der Waals surface area contributed by atoms with Gasteiger partial charge >= 0.3 is 5.97 Å². The highest BCUT2D eigenvalue weighted by Crippen LogP contribution is 2.07. The Kier molecular flexibility index (Phi) is 5.30. The molecule has 0 aliphatic carbocycles. The van der Waals surface area contributed by atoms with Crippen LogP contribution in [0.5, 0.6) is 0 Å². The summed E-state index contributed by atoms with van der Waals surface area (Å²) in [6.07, 6.45) is 2.78. The van der Waals surface area contributed by atoms with Crippen molar-refractivity contribution in [2.75, 3.05) is 6.54 Å². The van der Waals surface area contributed by atoms with E-state index in [0.29, 0.717) is 5.56 Å². The maximum absolute atomic E-state index is 12.1. The Labute approximate surface area is 131 Å². The molecule has 0 saturated heterocycles. The van der Waals surface area contributed by atoms with Crippen LogP contribution < -0.4 is 10.6 Å². The first-order valence-electron chi connectivity index (χ1n) is 6.68.